The summed E-state index contributed by atoms with van der Waals surface area (Å²) in [5.74, 6) is 1.73. The maximum Gasteiger partial charge on any atom is 0.223 e. The Balaban J connectivity index is 1.43. The van der Waals surface area contributed by atoms with Crippen LogP contribution < -0.4 is 14.8 Å². The standard InChI is InChI=1S/C25H30N2O4/c1-17(28)26-21-10-7-18(8-11-21)15-27-16-20(14-25(27)29)19-9-12-23(30-2)24(13-19)31-22-5-3-4-6-22/h7-13,20,22H,3-6,14-16H2,1-2H3,(H,26,28). The van der Waals surface area contributed by atoms with Crippen molar-refractivity contribution in [2.24, 2.45) is 0 Å². The highest BCUT2D eigenvalue weighted by Gasteiger charge is 2.31. The van der Waals surface area contributed by atoms with Crippen LogP contribution in [0.15, 0.2) is 42.5 Å². The van der Waals surface area contributed by atoms with Gasteiger partial charge in [0, 0.05) is 38.0 Å². The molecule has 1 atom stereocenters. The predicted molar refractivity (Wildman–Crippen MR) is 119 cm³/mol. The van der Waals surface area contributed by atoms with Crippen molar-refractivity contribution in [1.82, 2.24) is 4.90 Å². The molecule has 1 aliphatic heterocycles. The molecule has 6 heteroatoms. The van der Waals surface area contributed by atoms with E-state index in [1.54, 1.807) is 7.11 Å². The van der Waals surface area contributed by atoms with E-state index in [9.17, 15) is 9.59 Å². The summed E-state index contributed by atoms with van der Waals surface area (Å²) in [6, 6.07) is 13.7. The normalized spacial score (nSPS) is 19.0. The lowest BCUT2D eigenvalue weighted by molar-refractivity contribution is -0.128. The molecule has 1 N–H and O–H groups in total. The summed E-state index contributed by atoms with van der Waals surface area (Å²) in [5.41, 5.74) is 2.92. The van der Waals surface area contributed by atoms with Gasteiger partial charge in [0.1, 0.15) is 0 Å². The number of carbonyl (C=O) groups excluding carboxylic acids is 2. The van der Waals surface area contributed by atoms with E-state index < -0.39 is 0 Å². The third-order valence-electron chi connectivity index (χ3n) is 6.12. The molecule has 1 saturated heterocycles. The van der Waals surface area contributed by atoms with Gasteiger partial charge in [0.25, 0.3) is 0 Å². The van der Waals surface area contributed by atoms with Crippen LogP contribution in [0, 0.1) is 0 Å². The van der Waals surface area contributed by atoms with Gasteiger partial charge in [-0.25, -0.2) is 0 Å². The van der Waals surface area contributed by atoms with Crippen molar-refractivity contribution in [2.75, 3.05) is 19.0 Å². The smallest absolute Gasteiger partial charge is 0.223 e. The second kappa shape index (κ2) is 9.41. The highest BCUT2D eigenvalue weighted by molar-refractivity contribution is 5.88. The number of methoxy groups -OCH3 is 1. The fourth-order valence-electron chi connectivity index (χ4n) is 4.49. The van der Waals surface area contributed by atoms with Crippen molar-refractivity contribution in [3.63, 3.8) is 0 Å². The Hall–Kier alpha value is -3.02. The number of likely N-dealkylation sites (tertiary alicyclic amines) is 1. The number of nitrogens with one attached hydrogen (secondary N) is 1. The molecule has 1 aliphatic carbocycles. The first-order chi connectivity index (χ1) is 15.0. The maximum absolute atomic E-state index is 12.7. The first-order valence-electron chi connectivity index (χ1n) is 11.0. The fourth-order valence-corrected chi connectivity index (χ4v) is 4.49. The minimum Gasteiger partial charge on any atom is -0.493 e. The number of carbonyl (C=O) groups is 2. The molecule has 2 aliphatic rings. The summed E-state index contributed by atoms with van der Waals surface area (Å²) >= 11 is 0. The number of hydrogen-bond donors (Lipinski definition) is 1. The average molecular weight is 423 g/mol. The number of nitrogens with zero attached hydrogens (tertiary/aromatic N) is 1. The molecule has 2 amide bonds. The topological polar surface area (TPSA) is 67.9 Å². The van der Waals surface area contributed by atoms with E-state index >= 15 is 0 Å². The van der Waals surface area contributed by atoms with E-state index in [0.29, 0.717) is 19.5 Å². The van der Waals surface area contributed by atoms with Crippen molar-refractivity contribution >= 4 is 17.5 Å². The Bertz CT molecular complexity index is 935. The van der Waals surface area contributed by atoms with Crippen LogP contribution >= 0.6 is 0 Å². The van der Waals surface area contributed by atoms with E-state index in [4.69, 9.17) is 9.47 Å². The molecule has 2 aromatic rings. The third-order valence-corrected chi connectivity index (χ3v) is 6.12. The number of rotatable bonds is 7. The van der Waals surface area contributed by atoms with E-state index in [2.05, 4.69) is 11.4 Å². The van der Waals surface area contributed by atoms with Gasteiger partial charge < -0.3 is 19.7 Å². The van der Waals surface area contributed by atoms with Crippen molar-refractivity contribution in [1.29, 1.82) is 0 Å². The Morgan fingerprint density at radius 2 is 1.84 bits per heavy atom. The summed E-state index contributed by atoms with van der Waals surface area (Å²) in [6.45, 7) is 2.74. The highest BCUT2D eigenvalue weighted by Crippen LogP contribution is 2.37. The molecule has 0 spiro atoms. The molecule has 1 unspecified atom stereocenters. The van der Waals surface area contributed by atoms with Crippen molar-refractivity contribution in [3.8, 4) is 11.5 Å². The lowest BCUT2D eigenvalue weighted by Crippen LogP contribution is -2.24. The van der Waals surface area contributed by atoms with Gasteiger partial charge in [0.15, 0.2) is 11.5 Å². The van der Waals surface area contributed by atoms with Crippen LogP contribution in [-0.2, 0) is 16.1 Å². The number of amides is 2. The molecular weight excluding hydrogens is 392 g/mol. The monoisotopic (exact) mass is 422 g/mol. The molecule has 1 saturated carbocycles. The number of benzene rings is 2. The van der Waals surface area contributed by atoms with Crippen LogP contribution in [0.5, 0.6) is 11.5 Å². The molecule has 2 fully saturated rings. The Morgan fingerprint density at radius 1 is 1.10 bits per heavy atom. The SMILES string of the molecule is COc1ccc(C2CC(=O)N(Cc3ccc(NC(C)=O)cc3)C2)cc1OC1CCCC1. The van der Waals surface area contributed by atoms with Gasteiger partial charge in [-0.05, 0) is 61.1 Å². The number of ether oxygens (including phenoxy) is 2. The minimum absolute atomic E-state index is 0.0962. The van der Waals surface area contributed by atoms with Crippen LogP contribution in [0.4, 0.5) is 5.69 Å². The molecule has 164 valence electrons. The summed E-state index contributed by atoms with van der Waals surface area (Å²) < 4.78 is 11.7. The summed E-state index contributed by atoms with van der Waals surface area (Å²) in [4.78, 5) is 25.7. The zero-order valence-corrected chi connectivity index (χ0v) is 18.2. The Morgan fingerprint density at radius 3 is 2.52 bits per heavy atom. The molecule has 4 rings (SSSR count). The molecule has 0 radical (unpaired) electrons. The van der Waals surface area contributed by atoms with Gasteiger partial charge in [-0.1, -0.05) is 18.2 Å². The number of hydrogen-bond acceptors (Lipinski definition) is 4. The van der Waals surface area contributed by atoms with E-state index in [1.807, 2.05) is 41.3 Å². The average Bonchev–Trinajstić information content (AvgIpc) is 3.39. The second-order valence-corrected chi connectivity index (χ2v) is 8.49. The third kappa shape index (κ3) is 5.19. The molecule has 31 heavy (non-hydrogen) atoms. The van der Waals surface area contributed by atoms with E-state index in [-0.39, 0.29) is 23.8 Å². The van der Waals surface area contributed by atoms with Crippen LogP contribution in [0.1, 0.15) is 56.1 Å². The van der Waals surface area contributed by atoms with Crippen molar-refractivity contribution in [2.45, 2.75) is 57.6 Å². The van der Waals surface area contributed by atoms with Crippen LogP contribution in [0.25, 0.3) is 0 Å². The maximum atomic E-state index is 12.7. The first kappa shape index (κ1) is 21.2. The van der Waals surface area contributed by atoms with Crippen molar-refractivity contribution < 1.29 is 19.1 Å². The van der Waals surface area contributed by atoms with Crippen LogP contribution in [-0.4, -0.2) is 36.5 Å². The van der Waals surface area contributed by atoms with E-state index in [1.165, 1.54) is 19.8 Å². The quantitative estimate of drug-likeness (QED) is 0.714. The van der Waals surface area contributed by atoms with Crippen LogP contribution in [0.3, 0.4) is 0 Å². The summed E-state index contributed by atoms with van der Waals surface area (Å²) in [5, 5.41) is 2.76. The second-order valence-electron chi connectivity index (χ2n) is 8.49. The Labute approximate surface area is 183 Å². The lowest BCUT2D eigenvalue weighted by Gasteiger charge is -2.19. The van der Waals surface area contributed by atoms with Gasteiger partial charge in [0.05, 0.1) is 13.2 Å². The van der Waals surface area contributed by atoms with Gasteiger partial charge in [0.2, 0.25) is 11.8 Å². The highest BCUT2D eigenvalue weighted by atomic mass is 16.5. The summed E-state index contributed by atoms with van der Waals surface area (Å²) in [6.07, 6.45) is 5.35. The molecule has 0 aromatic heterocycles. The lowest BCUT2D eigenvalue weighted by atomic mass is 9.98. The largest absolute Gasteiger partial charge is 0.493 e. The van der Waals surface area contributed by atoms with Crippen LogP contribution in [0.2, 0.25) is 0 Å². The molecule has 1 heterocycles. The Kier molecular flexibility index (Phi) is 6.44. The van der Waals surface area contributed by atoms with Gasteiger partial charge in [-0.15, -0.1) is 0 Å². The molecule has 2 aromatic carbocycles. The first-order valence-corrected chi connectivity index (χ1v) is 11.0. The predicted octanol–water partition coefficient (Wildman–Crippen LogP) is 4.49. The molecule has 6 nitrogen and oxygen atoms in total. The van der Waals surface area contributed by atoms with Gasteiger partial charge in [-0.2, -0.15) is 0 Å². The van der Waals surface area contributed by atoms with Crippen molar-refractivity contribution in [3.05, 3.63) is 53.6 Å². The number of anilines is 1. The van der Waals surface area contributed by atoms with E-state index in [0.717, 1.165) is 41.2 Å². The summed E-state index contributed by atoms with van der Waals surface area (Å²) in [7, 11) is 1.66. The van der Waals surface area contributed by atoms with Gasteiger partial charge >= 0.3 is 0 Å². The zero-order chi connectivity index (χ0) is 21.8. The molecular formula is C25H30N2O4. The fraction of sp³-hybridized carbons (Fsp3) is 0.440. The zero-order valence-electron chi connectivity index (χ0n) is 18.2. The van der Waals surface area contributed by atoms with Gasteiger partial charge in [-0.3, -0.25) is 9.59 Å². The minimum atomic E-state index is -0.0962. The molecule has 0 bridgehead atoms.